The Morgan fingerprint density at radius 1 is 1.35 bits per heavy atom. The van der Waals surface area contributed by atoms with Gasteiger partial charge in [-0.3, -0.25) is 14.3 Å². The van der Waals surface area contributed by atoms with Crippen molar-refractivity contribution in [3.8, 4) is 5.75 Å². The second kappa shape index (κ2) is 5.12. The number of fused-ring (bicyclic) bond motifs is 1. The Bertz CT molecular complexity index is 792. The third kappa shape index (κ3) is 2.54. The van der Waals surface area contributed by atoms with Crippen LogP contribution in [0.1, 0.15) is 18.2 Å². The molecular weight excluding hydrogens is 296 g/mol. The van der Waals surface area contributed by atoms with Crippen molar-refractivity contribution in [1.29, 1.82) is 0 Å². The van der Waals surface area contributed by atoms with Gasteiger partial charge in [-0.2, -0.15) is 5.10 Å². The molecule has 2 heterocycles. The van der Waals surface area contributed by atoms with Gasteiger partial charge in [0.05, 0.1) is 5.69 Å². The van der Waals surface area contributed by atoms with Crippen molar-refractivity contribution in [2.24, 2.45) is 7.05 Å². The summed E-state index contributed by atoms with van der Waals surface area (Å²) in [4.78, 5) is 24.9. The van der Waals surface area contributed by atoms with Crippen LogP contribution in [-0.4, -0.2) is 27.2 Å². The van der Waals surface area contributed by atoms with Gasteiger partial charge in [-0.15, -0.1) is 0 Å². The first-order valence-electron chi connectivity index (χ1n) is 7.23. The van der Waals surface area contributed by atoms with Gasteiger partial charge in [0.15, 0.2) is 5.82 Å². The van der Waals surface area contributed by atoms with E-state index >= 15 is 0 Å². The van der Waals surface area contributed by atoms with Crippen LogP contribution in [0.15, 0.2) is 24.3 Å². The maximum Gasteiger partial charge on any atom is 0.279 e. The molecule has 120 valence electrons. The van der Waals surface area contributed by atoms with Crippen molar-refractivity contribution < 1.29 is 14.3 Å². The van der Waals surface area contributed by atoms with Gasteiger partial charge in [0.25, 0.3) is 17.4 Å². The zero-order chi connectivity index (χ0) is 16.8. The van der Waals surface area contributed by atoms with E-state index in [-0.39, 0.29) is 0 Å². The number of carbonyl (C=O) groups excluding carboxylic acids is 2. The molecule has 0 saturated carbocycles. The highest BCUT2D eigenvalue weighted by atomic mass is 16.5. The first-order valence-corrected chi connectivity index (χ1v) is 7.23. The molecule has 0 bridgehead atoms. The number of aryl methyl sites for hydroxylation is 3. The number of amides is 2. The lowest BCUT2D eigenvalue weighted by molar-refractivity contribution is -0.143. The van der Waals surface area contributed by atoms with Gasteiger partial charge >= 0.3 is 0 Å². The van der Waals surface area contributed by atoms with Crippen molar-refractivity contribution in [2.75, 3.05) is 10.6 Å². The van der Waals surface area contributed by atoms with Gasteiger partial charge in [-0.05, 0) is 38.5 Å². The first-order chi connectivity index (χ1) is 10.8. The predicted molar refractivity (Wildman–Crippen MR) is 85.4 cm³/mol. The van der Waals surface area contributed by atoms with Crippen molar-refractivity contribution in [2.45, 2.75) is 26.4 Å². The van der Waals surface area contributed by atoms with Crippen LogP contribution in [-0.2, 0) is 16.6 Å². The highest BCUT2D eigenvalue weighted by Gasteiger charge is 2.47. The van der Waals surface area contributed by atoms with E-state index in [2.05, 4.69) is 15.7 Å². The summed E-state index contributed by atoms with van der Waals surface area (Å²) in [6, 6.07) is 7.11. The molecule has 3 rings (SSSR count). The van der Waals surface area contributed by atoms with Gasteiger partial charge < -0.3 is 15.4 Å². The van der Waals surface area contributed by atoms with Gasteiger partial charge in [-0.25, -0.2) is 0 Å². The van der Waals surface area contributed by atoms with E-state index in [1.165, 1.54) is 6.92 Å². The Labute approximate surface area is 133 Å². The van der Waals surface area contributed by atoms with Gasteiger partial charge in [0.2, 0.25) is 0 Å². The third-order valence-electron chi connectivity index (χ3n) is 3.92. The molecule has 1 aromatic carbocycles. The zero-order valence-corrected chi connectivity index (χ0v) is 13.4. The Morgan fingerprint density at radius 3 is 2.74 bits per heavy atom. The van der Waals surface area contributed by atoms with E-state index in [1.807, 2.05) is 19.9 Å². The molecule has 0 aliphatic carbocycles. The van der Waals surface area contributed by atoms with Crippen molar-refractivity contribution in [3.63, 3.8) is 0 Å². The minimum Gasteiger partial charge on any atom is -0.466 e. The molecule has 0 radical (unpaired) electrons. The lowest BCUT2D eigenvalue weighted by atomic mass is 10.0. The quantitative estimate of drug-likeness (QED) is 0.827. The Kier molecular flexibility index (Phi) is 3.35. The van der Waals surface area contributed by atoms with Gasteiger partial charge in [0.1, 0.15) is 5.75 Å². The molecule has 1 aliphatic heterocycles. The number of nitrogens with zero attached hydrogens (tertiary/aromatic N) is 2. The summed E-state index contributed by atoms with van der Waals surface area (Å²) >= 11 is 0. The molecule has 0 fully saturated rings. The lowest BCUT2D eigenvalue weighted by Gasteiger charge is -2.33. The zero-order valence-electron chi connectivity index (χ0n) is 13.4. The number of hydrogen-bond acceptors (Lipinski definition) is 4. The van der Waals surface area contributed by atoms with Crippen molar-refractivity contribution in [3.05, 3.63) is 35.5 Å². The Hall–Kier alpha value is -2.83. The van der Waals surface area contributed by atoms with Gasteiger partial charge in [0, 0.05) is 18.8 Å². The molecule has 23 heavy (non-hydrogen) atoms. The van der Waals surface area contributed by atoms with Crippen LogP contribution < -0.4 is 15.4 Å². The average molecular weight is 314 g/mol. The summed E-state index contributed by atoms with van der Waals surface area (Å²) < 4.78 is 7.34. The van der Waals surface area contributed by atoms with Crippen molar-refractivity contribution in [1.82, 2.24) is 9.78 Å². The summed E-state index contributed by atoms with van der Waals surface area (Å²) in [6.45, 7) is 5.22. The maximum atomic E-state index is 12.6. The molecule has 1 atom stereocenters. The van der Waals surface area contributed by atoms with E-state index in [0.717, 1.165) is 11.3 Å². The van der Waals surface area contributed by atoms with Crippen LogP contribution in [0.4, 0.5) is 11.5 Å². The molecule has 0 saturated heterocycles. The molecule has 1 aromatic heterocycles. The highest BCUT2D eigenvalue weighted by Crippen LogP contribution is 2.34. The van der Waals surface area contributed by atoms with Crippen LogP contribution in [0.25, 0.3) is 0 Å². The fraction of sp³-hybridized carbons (Fsp3) is 0.312. The van der Waals surface area contributed by atoms with Crippen LogP contribution in [0, 0.1) is 13.8 Å². The topological polar surface area (TPSA) is 85.3 Å². The number of benzene rings is 1. The first kappa shape index (κ1) is 15.1. The molecular formula is C16H18N4O3. The molecule has 7 nitrogen and oxygen atoms in total. The Balaban J connectivity index is 1.87. The molecule has 1 unspecified atom stereocenters. The summed E-state index contributed by atoms with van der Waals surface area (Å²) in [5.41, 5.74) is 0.784. The fourth-order valence-electron chi connectivity index (χ4n) is 2.35. The van der Waals surface area contributed by atoms with Crippen LogP contribution in [0.3, 0.4) is 0 Å². The smallest absolute Gasteiger partial charge is 0.279 e. The van der Waals surface area contributed by atoms with Crippen LogP contribution >= 0.6 is 0 Å². The maximum absolute atomic E-state index is 12.6. The molecule has 1 aliphatic rings. The molecule has 2 N–H and O–H groups in total. The number of nitrogens with one attached hydrogen (secondary N) is 2. The number of ether oxygens (including phenoxy) is 1. The van der Waals surface area contributed by atoms with E-state index in [0.29, 0.717) is 17.3 Å². The Morgan fingerprint density at radius 2 is 2.09 bits per heavy atom. The highest BCUT2D eigenvalue weighted by molar-refractivity contribution is 6.18. The predicted octanol–water partition coefficient (Wildman–Crippen LogP) is 1.77. The normalized spacial score (nSPS) is 19.6. The molecule has 2 amide bonds. The van der Waals surface area contributed by atoms with Crippen molar-refractivity contribution >= 4 is 23.3 Å². The van der Waals surface area contributed by atoms with E-state index < -0.39 is 17.4 Å². The lowest BCUT2D eigenvalue weighted by Crippen LogP contribution is -2.56. The summed E-state index contributed by atoms with van der Waals surface area (Å²) in [6.07, 6.45) is 0. The minimum absolute atomic E-state index is 0.377. The summed E-state index contributed by atoms with van der Waals surface area (Å²) in [7, 11) is 1.77. The number of hydrogen-bond donors (Lipinski definition) is 2. The average Bonchev–Trinajstić information content (AvgIpc) is 2.79. The molecule has 7 heteroatoms. The second-order valence-corrected chi connectivity index (χ2v) is 5.84. The summed E-state index contributed by atoms with van der Waals surface area (Å²) in [5, 5.41) is 9.51. The minimum atomic E-state index is -1.66. The van der Waals surface area contributed by atoms with E-state index in [1.54, 1.807) is 29.9 Å². The molecule has 2 aromatic rings. The van der Waals surface area contributed by atoms with E-state index in [9.17, 15) is 9.59 Å². The van der Waals surface area contributed by atoms with Gasteiger partial charge in [-0.1, -0.05) is 6.07 Å². The SMILES string of the molecule is Cc1ccc2c(c1)NC(=O)C(C)(C(=O)Nc1cc(C)n(C)n1)O2. The second-order valence-electron chi connectivity index (χ2n) is 5.84. The monoisotopic (exact) mass is 314 g/mol. The number of carbonyl (C=O) groups is 2. The van der Waals surface area contributed by atoms with Crippen LogP contribution in [0.2, 0.25) is 0 Å². The fourth-order valence-corrected chi connectivity index (χ4v) is 2.35. The van der Waals surface area contributed by atoms with E-state index in [4.69, 9.17) is 4.74 Å². The standard InChI is InChI=1S/C16H18N4O3/c1-9-5-6-12-11(7-9)17-14(21)16(3,23-12)15(22)18-13-8-10(2)20(4)19-13/h5-8H,1-4H3,(H,17,21)(H,18,19,22). The summed E-state index contributed by atoms with van der Waals surface area (Å²) in [5.74, 6) is -0.243. The van der Waals surface area contributed by atoms with Crippen LogP contribution in [0.5, 0.6) is 5.75 Å². The number of rotatable bonds is 2. The third-order valence-corrected chi connectivity index (χ3v) is 3.92. The largest absolute Gasteiger partial charge is 0.466 e. The number of anilines is 2. The number of aromatic nitrogens is 2. The molecule has 0 spiro atoms.